The summed E-state index contributed by atoms with van der Waals surface area (Å²) >= 11 is 0. The zero-order valence-electron chi connectivity index (χ0n) is 14.0. The Labute approximate surface area is 142 Å². The quantitative estimate of drug-likeness (QED) is 0.547. The number of carbonyl (C=O) groups excluding carboxylic acids is 1. The van der Waals surface area contributed by atoms with Crippen LogP contribution in [0, 0.1) is 0 Å². The number of nitrogen functional groups attached to an aromatic ring is 1. The Balaban J connectivity index is 1.86. The van der Waals surface area contributed by atoms with E-state index in [0.29, 0.717) is 49.8 Å². The van der Waals surface area contributed by atoms with Crippen molar-refractivity contribution in [2.75, 3.05) is 30.9 Å². The fourth-order valence-corrected chi connectivity index (χ4v) is 2.27. The first kappa shape index (κ1) is 17.8. The van der Waals surface area contributed by atoms with Gasteiger partial charge in [0.1, 0.15) is 12.4 Å². The largest absolute Gasteiger partial charge is 0.489 e. The minimum absolute atomic E-state index is 0.0571. The molecule has 3 N–H and O–H groups in total. The van der Waals surface area contributed by atoms with Gasteiger partial charge in [-0.3, -0.25) is 4.79 Å². The van der Waals surface area contributed by atoms with Crippen molar-refractivity contribution in [1.29, 1.82) is 0 Å². The second kappa shape index (κ2) is 9.57. The number of para-hydroxylation sites is 2. The van der Waals surface area contributed by atoms with Gasteiger partial charge in [-0.25, -0.2) is 0 Å². The van der Waals surface area contributed by atoms with Crippen molar-refractivity contribution < 1.29 is 14.3 Å². The van der Waals surface area contributed by atoms with Crippen LogP contribution in [0.1, 0.15) is 18.9 Å². The zero-order chi connectivity index (χ0) is 17.2. The number of amides is 1. The van der Waals surface area contributed by atoms with Gasteiger partial charge in [-0.1, -0.05) is 24.3 Å². The van der Waals surface area contributed by atoms with Gasteiger partial charge in [0.15, 0.2) is 0 Å². The Bertz CT molecular complexity index is 659. The number of ether oxygens (including phenoxy) is 2. The molecular formula is C19H24N2O3. The number of carbonyl (C=O) groups is 1. The lowest BCUT2D eigenvalue weighted by Gasteiger charge is -2.12. The van der Waals surface area contributed by atoms with Crippen molar-refractivity contribution in [3.8, 4) is 5.75 Å². The van der Waals surface area contributed by atoms with Gasteiger partial charge in [0.25, 0.3) is 0 Å². The second-order valence-corrected chi connectivity index (χ2v) is 5.33. The third kappa shape index (κ3) is 5.93. The molecule has 0 aliphatic heterocycles. The Hall–Kier alpha value is -2.53. The normalized spacial score (nSPS) is 10.4. The van der Waals surface area contributed by atoms with Gasteiger partial charge in [0, 0.05) is 18.7 Å². The smallest absolute Gasteiger partial charge is 0.224 e. The van der Waals surface area contributed by atoms with E-state index in [-0.39, 0.29) is 5.91 Å². The molecule has 0 spiro atoms. The standard InChI is InChI=1S/C19H24N2O3/c1-2-23-12-13-24-18-9-4-3-8-17(18)21-19(22)11-10-15-6-5-7-16(20)14-15/h3-9,14H,2,10-13,20H2,1H3,(H,21,22). The van der Waals surface area contributed by atoms with E-state index in [4.69, 9.17) is 15.2 Å². The highest BCUT2D eigenvalue weighted by atomic mass is 16.5. The topological polar surface area (TPSA) is 73.6 Å². The molecule has 0 saturated heterocycles. The van der Waals surface area contributed by atoms with Crippen molar-refractivity contribution in [2.45, 2.75) is 19.8 Å². The summed E-state index contributed by atoms with van der Waals surface area (Å²) in [6.45, 7) is 3.57. The van der Waals surface area contributed by atoms with Crippen LogP contribution in [0.3, 0.4) is 0 Å². The van der Waals surface area contributed by atoms with Crippen LogP contribution in [0.4, 0.5) is 11.4 Å². The average Bonchev–Trinajstić information content (AvgIpc) is 2.58. The molecule has 0 fully saturated rings. The molecule has 0 unspecified atom stereocenters. The van der Waals surface area contributed by atoms with Gasteiger partial charge in [0.2, 0.25) is 5.91 Å². The number of hydrogen-bond acceptors (Lipinski definition) is 4. The SMILES string of the molecule is CCOCCOc1ccccc1NC(=O)CCc1cccc(N)c1. The van der Waals surface area contributed by atoms with Crippen LogP contribution in [-0.2, 0) is 16.0 Å². The van der Waals surface area contributed by atoms with E-state index in [0.717, 1.165) is 5.56 Å². The lowest BCUT2D eigenvalue weighted by molar-refractivity contribution is -0.116. The predicted octanol–water partition coefficient (Wildman–Crippen LogP) is 3.26. The number of hydrogen-bond donors (Lipinski definition) is 2. The van der Waals surface area contributed by atoms with Crippen molar-refractivity contribution in [3.05, 3.63) is 54.1 Å². The number of benzene rings is 2. The van der Waals surface area contributed by atoms with Gasteiger partial charge >= 0.3 is 0 Å². The molecule has 2 rings (SSSR count). The molecule has 0 aliphatic carbocycles. The highest BCUT2D eigenvalue weighted by molar-refractivity contribution is 5.92. The Morgan fingerprint density at radius 2 is 1.96 bits per heavy atom. The molecule has 24 heavy (non-hydrogen) atoms. The number of rotatable bonds is 9. The highest BCUT2D eigenvalue weighted by Gasteiger charge is 2.08. The maximum atomic E-state index is 12.2. The molecule has 128 valence electrons. The predicted molar refractivity (Wildman–Crippen MR) is 96.2 cm³/mol. The average molecular weight is 328 g/mol. The van der Waals surface area contributed by atoms with Crippen LogP contribution in [0.25, 0.3) is 0 Å². The summed E-state index contributed by atoms with van der Waals surface area (Å²) in [7, 11) is 0. The molecule has 5 heteroatoms. The van der Waals surface area contributed by atoms with E-state index < -0.39 is 0 Å². The summed E-state index contributed by atoms with van der Waals surface area (Å²) in [5.41, 5.74) is 8.18. The highest BCUT2D eigenvalue weighted by Crippen LogP contribution is 2.24. The fourth-order valence-electron chi connectivity index (χ4n) is 2.27. The monoisotopic (exact) mass is 328 g/mol. The Morgan fingerprint density at radius 3 is 2.75 bits per heavy atom. The van der Waals surface area contributed by atoms with E-state index >= 15 is 0 Å². The summed E-state index contributed by atoms with van der Waals surface area (Å²) in [4.78, 5) is 12.2. The third-order valence-corrected chi connectivity index (χ3v) is 3.44. The fraction of sp³-hybridized carbons (Fsp3) is 0.316. The van der Waals surface area contributed by atoms with Gasteiger partial charge in [-0.15, -0.1) is 0 Å². The van der Waals surface area contributed by atoms with Crippen molar-refractivity contribution in [2.24, 2.45) is 0 Å². The summed E-state index contributed by atoms with van der Waals surface area (Å²) in [5, 5.41) is 2.90. The Morgan fingerprint density at radius 1 is 1.12 bits per heavy atom. The molecule has 2 aromatic rings. The number of aryl methyl sites for hydroxylation is 1. The zero-order valence-corrected chi connectivity index (χ0v) is 14.0. The minimum atomic E-state index is -0.0571. The molecule has 0 atom stereocenters. The summed E-state index contributed by atoms with van der Waals surface area (Å²) in [5.74, 6) is 0.591. The molecule has 2 aromatic carbocycles. The van der Waals surface area contributed by atoms with E-state index in [1.165, 1.54) is 0 Å². The van der Waals surface area contributed by atoms with E-state index in [1.54, 1.807) is 0 Å². The number of nitrogens with two attached hydrogens (primary N) is 1. The molecular weight excluding hydrogens is 304 g/mol. The van der Waals surface area contributed by atoms with E-state index in [2.05, 4.69) is 5.32 Å². The molecule has 0 saturated carbocycles. The lowest BCUT2D eigenvalue weighted by atomic mass is 10.1. The molecule has 0 aliphatic rings. The van der Waals surface area contributed by atoms with Crippen LogP contribution in [0.15, 0.2) is 48.5 Å². The van der Waals surface area contributed by atoms with Crippen LogP contribution < -0.4 is 15.8 Å². The van der Waals surface area contributed by atoms with E-state index in [9.17, 15) is 4.79 Å². The third-order valence-electron chi connectivity index (χ3n) is 3.44. The van der Waals surface area contributed by atoms with Gasteiger partial charge in [-0.05, 0) is 43.2 Å². The molecule has 5 nitrogen and oxygen atoms in total. The first-order chi connectivity index (χ1) is 11.7. The first-order valence-electron chi connectivity index (χ1n) is 8.13. The van der Waals surface area contributed by atoms with Crippen LogP contribution in [0.2, 0.25) is 0 Å². The second-order valence-electron chi connectivity index (χ2n) is 5.33. The maximum absolute atomic E-state index is 12.2. The first-order valence-corrected chi connectivity index (χ1v) is 8.13. The number of anilines is 2. The van der Waals surface area contributed by atoms with Crippen LogP contribution >= 0.6 is 0 Å². The van der Waals surface area contributed by atoms with Crippen molar-refractivity contribution >= 4 is 17.3 Å². The molecule has 0 radical (unpaired) electrons. The van der Waals surface area contributed by atoms with Crippen molar-refractivity contribution in [1.82, 2.24) is 0 Å². The van der Waals surface area contributed by atoms with Gasteiger partial charge in [0.05, 0.1) is 12.3 Å². The number of nitrogens with one attached hydrogen (secondary N) is 1. The van der Waals surface area contributed by atoms with Crippen LogP contribution in [0.5, 0.6) is 5.75 Å². The van der Waals surface area contributed by atoms with Gasteiger partial charge in [-0.2, -0.15) is 0 Å². The molecule has 1 amide bonds. The van der Waals surface area contributed by atoms with Crippen molar-refractivity contribution in [3.63, 3.8) is 0 Å². The molecule has 0 heterocycles. The Kier molecular flexibility index (Phi) is 7.11. The van der Waals surface area contributed by atoms with E-state index in [1.807, 2.05) is 55.5 Å². The maximum Gasteiger partial charge on any atom is 0.224 e. The molecule has 0 aromatic heterocycles. The summed E-state index contributed by atoms with van der Waals surface area (Å²) in [6, 6.07) is 15.0. The van der Waals surface area contributed by atoms with Crippen LogP contribution in [-0.4, -0.2) is 25.7 Å². The lowest BCUT2D eigenvalue weighted by Crippen LogP contribution is -2.14. The summed E-state index contributed by atoms with van der Waals surface area (Å²) < 4.78 is 10.9. The summed E-state index contributed by atoms with van der Waals surface area (Å²) in [6.07, 6.45) is 1.03. The minimum Gasteiger partial charge on any atom is -0.489 e. The molecule has 0 bridgehead atoms. The van der Waals surface area contributed by atoms with Gasteiger partial charge < -0.3 is 20.5 Å².